The van der Waals surface area contributed by atoms with Crippen LogP contribution in [0.15, 0.2) is 48.5 Å². The second-order valence-corrected chi connectivity index (χ2v) is 6.68. The Kier molecular flexibility index (Phi) is 7.14. The van der Waals surface area contributed by atoms with E-state index in [4.69, 9.17) is 18.6 Å². The molecule has 0 spiro atoms. The molecule has 0 fully saturated rings. The highest BCUT2D eigenvalue weighted by molar-refractivity contribution is 5.78. The standard InChI is InChI=1S/C19H23N2.ClHO4/c1-3-16-5-9-18(10-6-16)20-13-14-21(15-20)19-11-7-17(4-2)8-12-19;2-1(3,4)5/h5-12,15H,3-4,13-14H2,1-2H3;(H,2,3,4,5)/q+1;/p-1. The van der Waals surface area contributed by atoms with Crippen LogP contribution in [-0.2, 0) is 12.8 Å². The normalized spacial score (nSPS) is 13.9. The van der Waals surface area contributed by atoms with E-state index in [2.05, 4.69) is 78.2 Å². The van der Waals surface area contributed by atoms with Crippen LogP contribution in [0.2, 0.25) is 0 Å². The number of halogens is 1. The van der Waals surface area contributed by atoms with Crippen LogP contribution in [0, 0.1) is 10.2 Å². The van der Waals surface area contributed by atoms with E-state index in [0.717, 1.165) is 25.9 Å². The largest absolute Gasteiger partial charge is 0.244 e. The first-order chi connectivity index (χ1) is 12.3. The van der Waals surface area contributed by atoms with Crippen molar-refractivity contribution in [1.29, 1.82) is 0 Å². The summed E-state index contributed by atoms with van der Waals surface area (Å²) in [6.07, 6.45) is 4.42. The number of nitrogens with zero attached hydrogens (tertiary/aromatic N) is 2. The fourth-order valence-corrected chi connectivity index (χ4v) is 2.74. The lowest BCUT2D eigenvalue weighted by atomic mass is 10.1. The van der Waals surface area contributed by atoms with Crippen molar-refractivity contribution < 1.29 is 33.5 Å². The summed E-state index contributed by atoms with van der Waals surface area (Å²) in [7, 11) is -4.94. The maximum absolute atomic E-state index is 8.49. The summed E-state index contributed by atoms with van der Waals surface area (Å²) in [5.74, 6) is 0. The average Bonchev–Trinajstić information content (AvgIpc) is 3.10. The minimum Gasteiger partial charge on any atom is -0.230 e. The van der Waals surface area contributed by atoms with E-state index in [1.807, 2.05) is 0 Å². The molecular weight excluding hydrogens is 356 g/mol. The van der Waals surface area contributed by atoms with Crippen LogP contribution in [0.5, 0.6) is 0 Å². The van der Waals surface area contributed by atoms with E-state index >= 15 is 0 Å². The number of hydrogen-bond donors (Lipinski definition) is 0. The van der Waals surface area contributed by atoms with Crippen LogP contribution in [0.25, 0.3) is 0 Å². The molecule has 7 heteroatoms. The van der Waals surface area contributed by atoms with Crippen LogP contribution in [0.4, 0.5) is 11.4 Å². The van der Waals surface area contributed by atoms with Crippen molar-refractivity contribution in [2.75, 3.05) is 18.0 Å². The topological polar surface area (TPSA) is 98.5 Å². The van der Waals surface area contributed by atoms with Gasteiger partial charge in [-0.25, -0.2) is 28.1 Å². The molecule has 26 heavy (non-hydrogen) atoms. The van der Waals surface area contributed by atoms with Crippen molar-refractivity contribution in [3.8, 4) is 0 Å². The molecule has 3 rings (SSSR count). The lowest BCUT2D eigenvalue weighted by Crippen LogP contribution is -2.68. The van der Waals surface area contributed by atoms with E-state index in [-0.39, 0.29) is 0 Å². The first-order valence-corrected chi connectivity index (χ1v) is 9.71. The van der Waals surface area contributed by atoms with Crippen molar-refractivity contribution >= 4 is 17.7 Å². The van der Waals surface area contributed by atoms with Gasteiger partial charge in [-0.15, -0.1) is 10.2 Å². The van der Waals surface area contributed by atoms with Gasteiger partial charge in [0, 0.05) is 0 Å². The Morgan fingerprint density at radius 1 is 0.846 bits per heavy atom. The minimum atomic E-state index is -4.94. The minimum absolute atomic E-state index is 1.04. The zero-order valence-electron chi connectivity index (χ0n) is 14.9. The molecule has 2 aromatic rings. The molecule has 6 nitrogen and oxygen atoms in total. The first-order valence-electron chi connectivity index (χ1n) is 8.48. The third-order valence-electron chi connectivity index (χ3n) is 4.21. The average molecular weight is 379 g/mol. The number of hydrogen-bond acceptors (Lipinski definition) is 5. The van der Waals surface area contributed by atoms with Gasteiger partial charge in [0.2, 0.25) is 6.34 Å². The zero-order chi connectivity index (χ0) is 19.2. The summed E-state index contributed by atoms with van der Waals surface area (Å²) < 4.78 is 36.3. The zero-order valence-corrected chi connectivity index (χ0v) is 15.7. The van der Waals surface area contributed by atoms with Crippen LogP contribution in [0.3, 0.4) is 0 Å². The van der Waals surface area contributed by atoms with E-state index in [1.54, 1.807) is 0 Å². The Bertz CT molecular complexity index is 719. The predicted molar refractivity (Wildman–Crippen MR) is 89.8 cm³/mol. The Morgan fingerprint density at radius 2 is 1.31 bits per heavy atom. The highest BCUT2D eigenvalue weighted by Crippen LogP contribution is 2.20. The fourth-order valence-electron chi connectivity index (χ4n) is 2.74. The highest BCUT2D eigenvalue weighted by Gasteiger charge is 2.22. The van der Waals surface area contributed by atoms with Gasteiger partial charge in [-0.3, -0.25) is 0 Å². The van der Waals surface area contributed by atoms with Gasteiger partial charge in [0.05, 0.1) is 0 Å². The summed E-state index contributed by atoms with van der Waals surface area (Å²) in [6, 6.07) is 17.8. The summed E-state index contributed by atoms with van der Waals surface area (Å²) in [4.78, 5) is 2.33. The number of benzene rings is 2. The quantitative estimate of drug-likeness (QED) is 0.652. The van der Waals surface area contributed by atoms with Gasteiger partial charge in [-0.1, -0.05) is 38.1 Å². The molecular formula is C19H23ClN2O4. The monoisotopic (exact) mass is 378 g/mol. The maximum atomic E-state index is 8.49. The van der Waals surface area contributed by atoms with Crippen LogP contribution in [-0.4, -0.2) is 24.0 Å². The van der Waals surface area contributed by atoms with Crippen LogP contribution >= 0.6 is 0 Å². The molecule has 0 aromatic heterocycles. The lowest BCUT2D eigenvalue weighted by Gasteiger charge is -2.17. The molecule has 0 saturated heterocycles. The van der Waals surface area contributed by atoms with Crippen LogP contribution in [0.1, 0.15) is 25.0 Å². The highest BCUT2D eigenvalue weighted by atomic mass is 35.7. The molecule has 1 aliphatic rings. The van der Waals surface area contributed by atoms with Crippen molar-refractivity contribution in [3.05, 3.63) is 59.7 Å². The van der Waals surface area contributed by atoms with Gasteiger partial charge in [0.25, 0.3) is 0 Å². The van der Waals surface area contributed by atoms with Gasteiger partial charge in [-0.2, -0.15) is 0 Å². The molecule has 0 amide bonds. The first kappa shape index (κ1) is 20.4. The van der Waals surface area contributed by atoms with E-state index in [0.29, 0.717) is 0 Å². The second-order valence-electron chi connectivity index (χ2n) is 5.92. The summed E-state index contributed by atoms with van der Waals surface area (Å²) in [5.41, 5.74) is 5.34. The van der Waals surface area contributed by atoms with E-state index in [1.165, 1.54) is 22.5 Å². The molecule has 0 radical (unpaired) electrons. The Balaban J connectivity index is 0.000000431. The fraction of sp³-hybridized carbons (Fsp3) is 0.316. The van der Waals surface area contributed by atoms with Crippen molar-refractivity contribution in [3.63, 3.8) is 0 Å². The van der Waals surface area contributed by atoms with Crippen molar-refractivity contribution in [2.45, 2.75) is 26.7 Å². The molecule has 0 aliphatic carbocycles. The molecule has 2 aromatic carbocycles. The number of anilines is 1. The Labute approximate surface area is 156 Å². The molecule has 140 valence electrons. The summed E-state index contributed by atoms with van der Waals surface area (Å²) >= 11 is 0. The molecule has 0 bridgehead atoms. The maximum Gasteiger partial charge on any atom is 0.244 e. The van der Waals surface area contributed by atoms with Gasteiger partial charge in [-0.05, 0) is 48.2 Å². The van der Waals surface area contributed by atoms with Crippen molar-refractivity contribution in [1.82, 2.24) is 0 Å². The smallest absolute Gasteiger partial charge is 0.230 e. The van der Waals surface area contributed by atoms with Gasteiger partial charge < -0.3 is 0 Å². The molecule has 1 heterocycles. The summed E-state index contributed by atoms with van der Waals surface area (Å²) in [6.45, 7) is 6.47. The number of rotatable bonds is 4. The molecule has 0 N–H and O–H groups in total. The number of aryl methyl sites for hydroxylation is 2. The molecule has 0 unspecified atom stereocenters. The van der Waals surface area contributed by atoms with E-state index in [9.17, 15) is 0 Å². The second kappa shape index (κ2) is 9.12. The SMILES string of the molecule is CCc1ccc(N2C=[N+](c3ccc(CC)cc3)CC2)cc1.[O-][Cl+3]([O-])([O-])[O-]. The molecule has 0 atom stereocenters. The lowest BCUT2D eigenvalue weighted by molar-refractivity contribution is -2.00. The molecule has 1 aliphatic heterocycles. The van der Waals surface area contributed by atoms with E-state index < -0.39 is 10.2 Å². The summed E-state index contributed by atoms with van der Waals surface area (Å²) in [5, 5.41) is 0. The van der Waals surface area contributed by atoms with Crippen molar-refractivity contribution in [2.24, 2.45) is 0 Å². The third-order valence-corrected chi connectivity index (χ3v) is 4.21. The van der Waals surface area contributed by atoms with Gasteiger partial charge in [0.15, 0.2) is 0 Å². The van der Waals surface area contributed by atoms with Gasteiger partial charge in [0.1, 0.15) is 24.5 Å². The van der Waals surface area contributed by atoms with Gasteiger partial charge >= 0.3 is 0 Å². The van der Waals surface area contributed by atoms with Crippen LogP contribution < -0.4 is 23.5 Å². The Morgan fingerprint density at radius 3 is 1.77 bits per heavy atom. The third kappa shape index (κ3) is 6.40. The predicted octanol–water partition coefficient (Wildman–Crippen LogP) is -0.752. The molecule has 0 saturated carbocycles. The Hall–Kier alpha value is -1.96.